The molecule has 0 radical (unpaired) electrons. The molecule has 1 aliphatic carbocycles. The Morgan fingerprint density at radius 3 is 2.70 bits per heavy atom. The standard InChI is InChI=1S/C30H32F2N6O2/c1-18-10-20(14-21(33)11-18)24-4-7-34-16-28(24)36-30-35-15-22-2-3-27(37-38(22)30)29-25(31)12-19(13-26(29)32)17-40-23-5-8-39-9-6-23/h2-4,7,11-13,15-16,20-21,23H,5-6,8-10,14,17,33H2,1H3,(H,35,36)/t20-,21+/m1/s1. The minimum absolute atomic E-state index is 0.000786. The lowest BCUT2D eigenvalue weighted by atomic mass is 9.82. The number of nitrogens with one attached hydrogen (secondary N) is 1. The van der Waals surface area contributed by atoms with Crippen molar-refractivity contribution in [3.63, 3.8) is 0 Å². The van der Waals surface area contributed by atoms with E-state index in [0.717, 1.165) is 36.9 Å². The lowest BCUT2D eigenvalue weighted by Gasteiger charge is -2.27. The van der Waals surface area contributed by atoms with E-state index in [2.05, 4.69) is 33.4 Å². The molecule has 3 aromatic heterocycles. The molecule has 0 spiro atoms. The van der Waals surface area contributed by atoms with Gasteiger partial charge in [0.15, 0.2) is 0 Å². The summed E-state index contributed by atoms with van der Waals surface area (Å²) < 4.78 is 43.2. The summed E-state index contributed by atoms with van der Waals surface area (Å²) in [4.78, 5) is 8.78. The van der Waals surface area contributed by atoms with E-state index in [-0.39, 0.29) is 35.9 Å². The van der Waals surface area contributed by atoms with Crippen LogP contribution in [0.3, 0.4) is 0 Å². The number of anilines is 2. The molecule has 1 saturated heterocycles. The largest absolute Gasteiger partial charge is 0.381 e. The van der Waals surface area contributed by atoms with E-state index in [1.807, 2.05) is 6.07 Å². The Morgan fingerprint density at radius 2 is 1.93 bits per heavy atom. The quantitative estimate of drug-likeness (QED) is 0.289. The number of nitrogens with two attached hydrogens (primary N) is 1. The van der Waals surface area contributed by atoms with Crippen LogP contribution in [0.25, 0.3) is 16.8 Å². The smallest absolute Gasteiger partial charge is 0.229 e. The second kappa shape index (κ2) is 11.4. The molecule has 10 heteroatoms. The van der Waals surface area contributed by atoms with Crippen LogP contribution in [-0.4, -0.2) is 44.9 Å². The van der Waals surface area contributed by atoms with Crippen LogP contribution in [-0.2, 0) is 16.1 Å². The van der Waals surface area contributed by atoms with Crippen LogP contribution in [0.2, 0.25) is 0 Å². The molecule has 0 saturated carbocycles. The number of pyridine rings is 1. The maximum absolute atomic E-state index is 15.2. The van der Waals surface area contributed by atoms with Gasteiger partial charge in [-0.3, -0.25) is 4.98 Å². The van der Waals surface area contributed by atoms with E-state index < -0.39 is 11.6 Å². The monoisotopic (exact) mass is 546 g/mol. The number of fused-ring (bicyclic) bond motifs is 1. The third-order valence-corrected chi connectivity index (χ3v) is 7.56. The average Bonchev–Trinajstić information content (AvgIpc) is 3.34. The molecule has 1 aromatic carbocycles. The van der Waals surface area contributed by atoms with Crippen molar-refractivity contribution in [3.05, 3.63) is 83.3 Å². The van der Waals surface area contributed by atoms with Gasteiger partial charge in [0.05, 0.1) is 47.6 Å². The molecule has 8 nitrogen and oxygen atoms in total. The van der Waals surface area contributed by atoms with Gasteiger partial charge in [0.2, 0.25) is 5.95 Å². The van der Waals surface area contributed by atoms with Gasteiger partial charge in [0.1, 0.15) is 11.6 Å². The first-order valence-corrected chi connectivity index (χ1v) is 13.6. The number of nitrogens with zero attached hydrogens (tertiary/aromatic N) is 4. The van der Waals surface area contributed by atoms with Crippen molar-refractivity contribution < 1.29 is 18.3 Å². The van der Waals surface area contributed by atoms with Crippen molar-refractivity contribution >= 4 is 17.2 Å². The van der Waals surface area contributed by atoms with Gasteiger partial charge < -0.3 is 20.5 Å². The van der Waals surface area contributed by atoms with Crippen molar-refractivity contribution in [3.8, 4) is 11.3 Å². The Balaban J connectivity index is 1.26. The first-order chi connectivity index (χ1) is 19.4. The molecule has 0 bridgehead atoms. The van der Waals surface area contributed by atoms with Crippen LogP contribution in [0.1, 0.15) is 49.7 Å². The zero-order chi connectivity index (χ0) is 27.6. The first kappa shape index (κ1) is 26.5. The van der Waals surface area contributed by atoms with Crippen molar-refractivity contribution in [2.45, 2.75) is 57.3 Å². The molecule has 1 aliphatic heterocycles. The summed E-state index contributed by atoms with van der Waals surface area (Å²) in [5, 5.41) is 7.90. The number of halogens is 2. The Morgan fingerprint density at radius 1 is 1.12 bits per heavy atom. The predicted molar refractivity (Wildman–Crippen MR) is 148 cm³/mol. The Bertz CT molecular complexity index is 1530. The summed E-state index contributed by atoms with van der Waals surface area (Å²) in [6, 6.07) is 7.94. The molecule has 1 fully saturated rings. The van der Waals surface area contributed by atoms with E-state index in [0.29, 0.717) is 30.2 Å². The van der Waals surface area contributed by atoms with Crippen LogP contribution in [0.4, 0.5) is 20.4 Å². The number of rotatable bonds is 7. The lowest BCUT2D eigenvalue weighted by molar-refractivity contribution is -0.0391. The summed E-state index contributed by atoms with van der Waals surface area (Å²) in [6.07, 6.45) is 10.6. The molecule has 3 N–H and O–H groups in total. The normalized spacial score (nSPS) is 20.1. The Hall–Kier alpha value is -3.73. The van der Waals surface area contributed by atoms with E-state index >= 15 is 8.78 Å². The number of aromatic nitrogens is 4. The molecule has 40 heavy (non-hydrogen) atoms. The van der Waals surface area contributed by atoms with Crippen LogP contribution in [0.5, 0.6) is 0 Å². The summed E-state index contributed by atoms with van der Waals surface area (Å²) in [5.74, 6) is -0.740. The molecule has 6 rings (SSSR count). The summed E-state index contributed by atoms with van der Waals surface area (Å²) in [7, 11) is 0. The average molecular weight is 547 g/mol. The van der Waals surface area contributed by atoms with Crippen molar-refractivity contribution in [1.29, 1.82) is 0 Å². The molecule has 0 unspecified atom stereocenters. The summed E-state index contributed by atoms with van der Waals surface area (Å²) in [5.41, 5.74) is 10.5. The van der Waals surface area contributed by atoms with Gasteiger partial charge in [0.25, 0.3) is 0 Å². The van der Waals surface area contributed by atoms with Gasteiger partial charge in [-0.05, 0) is 80.0 Å². The molecule has 208 valence electrons. The van der Waals surface area contributed by atoms with Crippen molar-refractivity contribution in [1.82, 2.24) is 19.6 Å². The topological polar surface area (TPSA) is 99.6 Å². The minimum atomic E-state index is -0.696. The van der Waals surface area contributed by atoms with Crippen LogP contribution < -0.4 is 11.1 Å². The maximum atomic E-state index is 15.2. The van der Waals surface area contributed by atoms with E-state index in [1.165, 1.54) is 17.7 Å². The second-order valence-electron chi connectivity index (χ2n) is 10.6. The first-order valence-electron chi connectivity index (χ1n) is 13.6. The molecular formula is C30H32F2N6O2. The number of allylic oxidation sites excluding steroid dienone is 1. The molecular weight excluding hydrogens is 514 g/mol. The Kier molecular flexibility index (Phi) is 7.55. The van der Waals surface area contributed by atoms with Gasteiger partial charge >= 0.3 is 0 Å². The predicted octanol–water partition coefficient (Wildman–Crippen LogP) is 5.66. The van der Waals surface area contributed by atoms with E-state index in [4.69, 9.17) is 15.2 Å². The molecule has 4 aromatic rings. The Labute approximate surface area is 231 Å². The third-order valence-electron chi connectivity index (χ3n) is 7.56. The van der Waals surface area contributed by atoms with E-state index in [9.17, 15) is 0 Å². The number of hydrogen-bond acceptors (Lipinski definition) is 7. The molecule has 2 atom stereocenters. The van der Waals surface area contributed by atoms with Crippen LogP contribution >= 0.6 is 0 Å². The van der Waals surface area contributed by atoms with Gasteiger partial charge in [0, 0.05) is 25.5 Å². The number of imidazole rings is 1. The second-order valence-corrected chi connectivity index (χ2v) is 10.6. The van der Waals surface area contributed by atoms with Gasteiger partial charge in [-0.1, -0.05) is 11.6 Å². The maximum Gasteiger partial charge on any atom is 0.229 e. The fourth-order valence-corrected chi connectivity index (χ4v) is 5.64. The highest BCUT2D eigenvalue weighted by molar-refractivity contribution is 5.66. The van der Waals surface area contributed by atoms with Crippen LogP contribution in [0.15, 0.2) is 60.6 Å². The number of ether oxygens (including phenoxy) is 2. The highest BCUT2D eigenvalue weighted by atomic mass is 19.1. The van der Waals surface area contributed by atoms with Crippen LogP contribution in [0, 0.1) is 11.6 Å². The summed E-state index contributed by atoms with van der Waals surface area (Å²) in [6.45, 7) is 3.51. The van der Waals surface area contributed by atoms with Gasteiger partial charge in [-0.2, -0.15) is 9.61 Å². The number of benzene rings is 1. The zero-order valence-corrected chi connectivity index (χ0v) is 22.3. The van der Waals surface area contributed by atoms with E-state index in [1.54, 1.807) is 35.2 Å². The van der Waals surface area contributed by atoms with Crippen molar-refractivity contribution in [2.24, 2.45) is 5.73 Å². The summed E-state index contributed by atoms with van der Waals surface area (Å²) >= 11 is 0. The fourth-order valence-electron chi connectivity index (χ4n) is 5.64. The SMILES string of the molecule is CC1=C[C@H](N)C[C@H](c2ccncc2Nc2ncc3ccc(-c4c(F)cc(COC5CCOCC5)cc4F)nn23)C1. The zero-order valence-electron chi connectivity index (χ0n) is 22.3. The highest BCUT2D eigenvalue weighted by Crippen LogP contribution is 2.37. The molecule has 4 heterocycles. The molecule has 2 aliphatic rings. The number of hydrogen-bond donors (Lipinski definition) is 2. The molecule has 0 amide bonds. The van der Waals surface area contributed by atoms with Crippen molar-refractivity contribution in [2.75, 3.05) is 18.5 Å². The van der Waals surface area contributed by atoms with Gasteiger partial charge in [-0.15, -0.1) is 0 Å². The minimum Gasteiger partial charge on any atom is -0.381 e. The lowest BCUT2D eigenvalue weighted by Crippen LogP contribution is -2.25. The third kappa shape index (κ3) is 5.60. The van der Waals surface area contributed by atoms with Gasteiger partial charge in [-0.25, -0.2) is 13.8 Å². The highest BCUT2D eigenvalue weighted by Gasteiger charge is 2.23. The fraction of sp³-hybridized carbons (Fsp3) is 0.367.